The van der Waals surface area contributed by atoms with Gasteiger partial charge < -0.3 is 21.1 Å². The van der Waals surface area contributed by atoms with E-state index in [9.17, 15) is 9.59 Å². The maximum Gasteiger partial charge on any atom is 0.404 e. The van der Waals surface area contributed by atoms with E-state index in [0.29, 0.717) is 5.56 Å². The quantitative estimate of drug-likeness (QED) is 0.674. The Balaban J connectivity index is 1.90. The number of hydrogen-bond acceptors (Lipinski definition) is 4. The van der Waals surface area contributed by atoms with Gasteiger partial charge in [-0.2, -0.15) is 0 Å². The van der Waals surface area contributed by atoms with Crippen molar-refractivity contribution in [2.75, 3.05) is 19.7 Å². The van der Waals surface area contributed by atoms with Gasteiger partial charge in [-0.1, -0.05) is 6.07 Å². The first-order valence-corrected chi connectivity index (χ1v) is 6.20. The molecule has 0 unspecified atom stereocenters. The van der Waals surface area contributed by atoms with E-state index < -0.39 is 6.09 Å². The first-order valence-electron chi connectivity index (χ1n) is 6.20. The van der Waals surface area contributed by atoms with Crippen LogP contribution < -0.4 is 16.4 Å². The fourth-order valence-corrected chi connectivity index (χ4v) is 2.04. The Kier molecular flexibility index (Phi) is 4.35. The molecule has 6 nitrogen and oxygen atoms in total. The molecule has 0 saturated heterocycles. The van der Waals surface area contributed by atoms with Gasteiger partial charge in [-0.05, 0) is 36.2 Å². The first-order chi connectivity index (χ1) is 9.16. The molecule has 0 aliphatic carbocycles. The van der Waals surface area contributed by atoms with Crippen molar-refractivity contribution in [2.45, 2.75) is 13.0 Å². The number of carbonyl (C=O) groups excluding carboxylic acids is 2. The van der Waals surface area contributed by atoms with E-state index in [1.165, 1.54) is 5.56 Å². The third-order valence-corrected chi connectivity index (χ3v) is 2.99. The SMILES string of the molecule is NC(=O)OCCNC(=O)c1ccc2c(c1)CNCC2. The molecule has 19 heavy (non-hydrogen) atoms. The van der Waals surface area contributed by atoms with Gasteiger partial charge in [-0.25, -0.2) is 4.79 Å². The molecule has 1 heterocycles. The number of ether oxygens (including phenoxy) is 1. The van der Waals surface area contributed by atoms with Crippen LogP contribution in [-0.2, 0) is 17.7 Å². The molecule has 2 rings (SSSR count). The van der Waals surface area contributed by atoms with Gasteiger partial charge in [-0.15, -0.1) is 0 Å². The molecule has 1 aliphatic rings. The molecular formula is C13H17N3O3. The molecule has 0 atom stereocenters. The van der Waals surface area contributed by atoms with Crippen molar-refractivity contribution in [2.24, 2.45) is 5.73 Å². The minimum absolute atomic E-state index is 0.0770. The molecule has 0 radical (unpaired) electrons. The average molecular weight is 263 g/mol. The van der Waals surface area contributed by atoms with Crippen molar-refractivity contribution >= 4 is 12.0 Å². The standard InChI is InChI=1S/C13H17N3O3/c14-13(18)19-6-5-16-12(17)10-2-1-9-3-4-15-8-11(9)7-10/h1-2,7,15H,3-6,8H2,(H2,14,18)(H,16,17). The van der Waals surface area contributed by atoms with Crippen LogP contribution in [0.2, 0.25) is 0 Å². The van der Waals surface area contributed by atoms with E-state index in [4.69, 9.17) is 5.73 Å². The van der Waals surface area contributed by atoms with Crippen molar-refractivity contribution in [3.8, 4) is 0 Å². The summed E-state index contributed by atoms with van der Waals surface area (Å²) in [5, 5.41) is 5.94. The fourth-order valence-electron chi connectivity index (χ4n) is 2.04. The molecule has 1 aromatic carbocycles. The first kappa shape index (κ1) is 13.4. The molecule has 4 N–H and O–H groups in total. The van der Waals surface area contributed by atoms with Gasteiger partial charge in [0, 0.05) is 12.1 Å². The second kappa shape index (κ2) is 6.19. The molecule has 0 saturated carbocycles. The van der Waals surface area contributed by atoms with Crippen molar-refractivity contribution in [1.29, 1.82) is 0 Å². The highest BCUT2D eigenvalue weighted by Gasteiger charge is 2.12. The summed E-state index contributed by atoms with van der Waals surface area (Å²) in [7, 11) is 0. The number of rotatable bonds is 4. The van der Waals surface area contributed by atoms with Gasteiger partial charge in [0.1, 0.15) is 6.61 Å². The van der Waals surface area contributed by atoms with Crippen LogP contribution in [0, 0.1) is 0 Å². The number of benzene rings is 1. The zero-order chi connectivity index (χ0) is 13.7. The van der Waals surface area contributed by atoms with Crippen molar-refractivity contribution in [3.05, 3.63) is 34.9 Å². The van der Waals surface area contributed by atoms with Crippen molar-refractivity contribution in [1.82, 2.24) is 10.6 Å². The van der Waals surface area contributed by atoms with Gasteiger partial charge in [0.25, 0.3) is 5.91 Å². The topological polar surface area (TPSA) is 93.5 Å². The zero-order valence-electron chi connectivity index (χ0n) is 10.6. The van der Waals surface area contributed by atoms with Crippen LogP contribution in [-0.4, -0.2) is 31.7 Å². The maximum atomic E-state index is 11.9. The minimum atomic E-state index is -0.839. The van der Waals surface area contributed by atoms with Crippen LogP contribution in [0.3, 0.4) is 0 Å². The smallest absolute Gasteiger partial charge is 0.404 e. The molecule has 0 bridgehead atoms. The summed E-state index contributed by atoms with van der Waals surface area (Å²) in [5.41, 5.74) is 7.87. The lowest BCUT2D eigenvalue weighted by Gasteiger charge is -2.17. The van der Waals surface area contributed by atoms with E-state index >= 15 is 0 Å². The van der Waals surface area contributed by atoms with E-state index in [2.05, 4.69) is 15.4 Å². The Labute approximate surface area is 111 Å². The predicted molar refractivity (Wildman–Crippen MR) is 69.7 cm³/mol. The van der Waals surface area contributed by atoms with E-state index in [-0.39, 0.29) is 19.1 Å². The summed E-state index contributed by atoms with van der Waals surface area (Å²) >= 11 is 0. The molecule has 1 aliphatic heterocycles. The Morgan fingerprint density at radius 3 is 3.00 bits per heavy atom. The Morgan fingerprint density at radius 1 is 1.37 bits per heavy atom. The van der Waals surface area contributed by atoms with E-state index in [1.807, 2.05) is 18.2 Å². The summed E-state index contributed by atoms with van der Waals surface area (Å²) in [6.45, 7) is 2.09. The summed E-state index contributed by atoms with van der Waals surface area (Å²) in [6.07, 6.45) is 0.151. The zero-order valence-corrected chi connectivity index (χ0v) is 10.6. The lowest BCUT2D eigenvalue weighted by molar-refractivity contribution is 0.0936. The molecule has 0 aromatic heterocycles. The highest BCUT2D eigenvalue weighted by molar-refractivity contribution is 5.94. The van der Waals surface area contributed by atoms with Gasteiger partial charge in [0.2, 0.25) is 0 Å². The number of amides is 2. The van der Waals surface area contributed by atoms with Gasteiger partial charge in [-0.3, -0.25) is 4.79 Å². The normalized spacial score (nSPS) is 13.5. The summed E-state index contributed by atoms with van der Waals surface area (Å²) < 4.78 is 4.53. The lowest BCUT2D eigenvalue weighted by atomic mass is 9.98. The Morgan fingerprint density at radius 2 is 2.21 bits per heavy atom. The van der Waals surface area contributed by atoms with Gasteiger partial charge in [0.05, 0.1) is 6.54 Å². The molecular weight excluding hydrogens is 246 g/mol. The molecule has 1 aromatic rings. The van der Waals surface area contributed by atoms with Gasteiger partial charge >= 0.3 is 6.09 Å². The number of carbonyl (C=O) groups is 2. The van der Waals surface area contributed by atoms with Crippen LogP contribution in [0.15, 0.2) is 18.2 Å². The summed E-state index contributed by atoms with van der Waals surface area (Å²) in [6, 6.07) is 5.70. The van der Waals surface area contributed by atoms with Crippen LogP contribution in [0.5, 0.6) is 0 Å². The van der Waals surface area contributed by atoms with Crippen molar-refractivity contribution < 1.29 is 14.3 Å². The Hall–Kier alpha value is -2.08. The number of nitrogens with one attached hydrogen (secondary N) is 2. The van der Waals surface area contributed by atoms with E-state index in [1.54, 1.807) is 0 Å². The van der Waals surface area contributed by atoms with Crippen LogP contribution in [0.1, 0.15) is 21.5 Å². The predicted octanol–water partition coefficient (Wildman–Crippen LogP) is 0.157. The third-order valence-electron chi connectivity index (χ3n) is 2.99. The van der Waals surface area contributed by atoms with E-state index in [0.717, 1.165) is 25.1 Å². The highest BCUT2D eigenvalue weighted by Crippen LogP contribution is 2.15. The monoisotopic (exact) mass is 263 g/mol. The number of fused-ring (bicyclic) bond motifs is 1. The Bertz CT molecular complexity index is 488. The molecule has 6 heteroatoms. The fraction of sp³-hybridized carbons (Fsp3) is 0.385. The number of hydrogen-bond donors (Lipinski definition) is 3. The van der Waals surface area contributed by atoms with Crippen LogP contribution >= 0.6 is 0 Å². The summed E-state index contributed by atoms with van der Waals surface area (Å²) in [5.74, 6) is -0.179. The van der Waals surface area contributed by atoms with Crippen molar-refractivity contribution in [3.63, 3.8) is 0 Å². The molecule has 2 amide bonds. The second-order valence-electron chi connectivity index (χ2n) is 4.33. The molecule has 0 fully saturated rings. The number of nitrogens with two attached hydrogens (primary N) is 1. The average Bonchev–Trinajstić information content (AvgIpc) is 2.42. The second-order valence-corrected chi connectivity index (χ2v) is 4.33. The maximum absolute atomic E-state index is 11.9. The van der Waals surface area contributed by atoms with Crippen LogP contribution in [0.4, 0.5) is 4.79 Å². The summed E-state index contributed by atoms with van der Waals surface area (Å²) in [4.78, 5) is 22.2. The molecule has 102 valence electrons. The largest absolute Gasteiger partial charge is 0.448 e. The number of primary amides is 1. The highest BCUT2D eigenvalue weighted by atomic mass is 16.5. The van der Waals surface area contributed by atoms with Gasteiger partial charge in [0.15, 0.2) is 0 Å². The molecule has 0 spiro atoms. The third kappa shape index (κ3) is 3.69. The van der Waals surface area contributed by atoms with Crippen LogP contribution in [0.25, 0.3) is 0 Å². The lowest BCUT2D eigenvalue weighted by Crippen LogP contribution is -2.29. The minimum Gasteiger partial charge on any atom is -0.448 e.